The molecule has 0 aliphatic heterocycles. The maximum absolute atomic E-state index is 15.8. The molecule has 1 aliphatic carbocycles. The molecule has 10 heteroatoms. The summed E-state index contributed by atoms with van der Waals surface area (Å²) in [5.41, 5.74) is 7.51. The molecule has 0 fully saturated rings. The molecule has 0 saturated heterocycles. The van der Waals surface area contributed by atoms with E-state index in [9.17, 15) is 9.59 Å². The fourth-order valence-corrected chi connectivity index (χ4v) is 5.81. The lowest BCUT2D eigenvalue weighted by molar-refractivity contribution is 0.0481. The Labute approximate surface area is 219 Å². The van der Waals surface area contributed by atoms with Crippen molar-refractivity contribution in [2.24, 2.45) is 0 Å². The van der Waals surface area contributed by atoms with Gasteiger partial charge in [-0.3, -0.25) is 9.59 Å². The number of aromatic amines is 2. The minimum atomic E-state index is -3.16. The standard InChI is InChI=1S/C28H20F2N4O2P2/c1-15-8-16(2-5-19(15)25-12-32-27(34-25)38-14-36)17-3-6-20-21-7-4-18(24-11-31-26(33-24)37-13-35)10-23(21)28(29,30)22(20)9-17/h2-14,37-38H,1H3,(H,31,33)(H,32,34). The molecule has 0 amide bonds. The number of alkyl halides is 2. The first-order valence-electron chi connectivity index (χ1n) is 11.7. The van der Waals surface area contributed by atoms with Gasteiger partial charge in [0.05, 0.1) is 23.8 Å². The molecule has 0 bridgehead atoms. The van der Waals surface area contributed by atoms with Gasteiger partial charge in [-0.25, -0.2) is 9.97 Å². The van der Waals surface area contributed by atoms with Crippen molar-refractivity contribution in [2.45, 2.75) is 12.8 Å². The Bertz CT molecular complexity index is 1730. The van der Waals surface area contributed by atoms with E-state index in [1.54, 1.807) is 36.7 Å². The quantitative estimate of drug-likeness (QED) is 0.208. The number of benzene rings is 3. The third kappa shape index (κ3) is 4.10. The molecule has 3 aromatic carbocycles. The second kappa shape index (κ2) is 9.46. The average molecular weight is 544 g/mol. The van der Waals surface area contributed by atoms with Gasteiger partial charge in [0.1, 0.15) is 23.2 Å². The summed E-state index contributed by atoms with van der Waals surface area (Å²) in [5, 5.41) is 0. The van der Waals surface area contributed by atoms with Crippen LogP contribution in [-0.2, 0) is 15.5 Å². The van der Waals surface area contributed by atoms with E-state index in [4.69, 9.17) is 0 Å². The predicted molar refractivity (Wildman–Crippen MR) is 150 cm³/mol. The molecule has 38 heavy (non-hydrogen) atoms. The van der Waals surface area contributed by atoms with Gasteiger partial charge in [-0.05, 0) is 46.9 Å². The first kappa shape index (κ1) is 24.5. The zero-order chi connectivity index (χ0) is 26.4. The number of H-pyrrole nitrogens is 2. The van der Waals surface area contributed by atoms with Crippen LogP contribution in [0.1, 0.15) is 16.7 Å². The van der Waals surface area contributed by atoms with Crippen LogP contribution in [0.25, 0.3) is 44.8 Å². The maximum Gasteiger partial charge on any atom is 0.299 e. The number of aryl methyl sites for hydroxylation is 1. The summed E-state index contributed by atoms with van der Waals surface area (Å²) in [7, 11) is -0.150. The highest BCUT2D eigenvalue weighted by Crippen LogP contribution is 2.52. The van der Waals surface area contributed by atoms with E-state index in [0.29, 0.717) is 39.1 Å². The Morgan fingerprint density at radius 1 is 0.711 bits per heavy atom. The first-order valence-corrected chi connectivity index (χ1v) is 13.8. The summed E-state index contributed by atoms with van der Waals surface area (Å²) in [6, 6.07) is 17.6. The molecule has 0 radical (unpaired) electrons. The normalized spacial score (nSPS) is 13.9. The second-order valence-electron chi connectivity index (χ2n) is 8.94. The van der Waals surface area contributed by atoms with Crippen molar-refractivity contribution in [1.82, 2.24) is 19.9 Å². The van der Waals surface area contributed by atoms with E-state index >= 15 is 8.78 Å². The van der Waals surface area contributed by atoms with Crippen LogP contribution < -0.4 is 11.1 Å². The van der Waals surface area contributed by atoms with Gasteiger partial charge >= 0.3 is 0 Å². The lowest BCUT2D eigenvalue weighted by Crippen LogP contribution is -2.11. The molecule has 6 nitrogen and oxygen atoms in total. The highest BCUT2D eigenvalue weighted by atomic mass is 31.1. The van der Waals surface area contributed by atoms with Crippen LogP contribution in [0.15, 0.2) is 67.0 Å². The minimum absolute atomic E-state index is 0.0234. The Hall–Kier alpha value is -3.86. The molecule has 2 heterocycles. The van der Waals surface area contributed by atoms with E-state index in [2.05, 4.69) is 19.9 Å². The number of imidazole rings is 2. The number of rotatable bonds is 7. The van der Waals surface area contributed by atoms with Gasteiger partial charge in [-0.15, -0.1) is 0 Å². The van der Waals surface area contributed by atoms with Crippen LogP contribution in [0, 0.1) is 6.92 Å². The number of halogens is 2. The van der Waals surface area contributed by atoms with Crippen molar-refractivity contribution in [1.29, 1.82) is 0 Å². The van der Waals surface area contributed by atoms with Gasteiger partial charge < -0.3 is 9.97 Å². The number of aromatic nitrogens is 4. The van der Waals surface area contributed by atoms with Crippen molar-refractivity contribution in [3.05, 3.63) is 83.7 Å². The SMILES string of the molecule is Cc1cc(-c2ccc3c(c2)C(F)(F)c2cc(-c4cnc(PC=O)[nH]4)ccc2-3)ccc1-c1cnc(PC=O)[nH]1. The van der Waals surface area contributed by atoms with E-state index in [0.717, 1.165) is 34.4 Å². The lowest BCUT2D eigenvalue weighted by Gasteiger charge is -2.14. The van der Waals surface area contributed by atoms with Crippen molar-refractivity contribution >= 4 is 40.3 Å². The van der Waals surface area contributed by atoms with Crippen LogP contribution in [0.2, 0.25) is 0 Å². The van der Waals surface area contributed by atoms with Crippen LogP contribution in [-0.4, -0.2) is 32.0 Å². The molecule has 0 spiro atoms. The molecular formula is C28H20F2N4O2P2. The lowest BCUT2D eigenvalue weighted by atomic mass is 9.95. The molecule has 2 atom stereocenters. The number of fused-ring (bicyclic) bond motifs is 3. The van der Waals surface area contributed by atoms with Crippen molar-refractivity contribution in [3.63, 3.8) is 0 Å². The molecule has 6 rings (SSSR count). The Morgan fingerprint density at radius 3 is 1.82 bits per heavy atom. The second-order valence-corrected chi connectivity index (χ2v) is 10.9. The monoisotopic (exact) mass is 544 g/mol. The van der Waals surface area contributed by atoms with E-state index in [1.165, 1.54) is 6.07 Å². The van der Waals surface area contributed by atoms with Crippen molar-refractivity contribution in [2.75, 3.05) is 0 Å². The number of carbonyl (C=O) groups is 2. The molecule has 2 unspecified atom stereocenters. The zero-order valence-corrected chi connectivity index (χ0v) is 22.0. The van der Waals surface area contributed by atoms with E-state index in [1.807, 2.05) is 31.2 Å². The van der Waals surface area contributed by atoms with Gasteiger partial charge in [0.2, 0.25) is 0 Å². The fourth-order valence-electron chi connectivity index (χ4n) is 4.90. The summed E-state index contributed by atoms with van der Waals surface area (Å²) in [4.78, 5) is 36.1. The molecule has 2 N–H and O–H groups in total. The Balaban J connectivity index is 1.34. The molecule has 188 valence electrons. The van der Waals surface area contributed by atoms with Gasteiger partial charge in [0.25, 0.3) is 5.92 Å². The summed E-state index contributed by atoms with van der Waals surface area (Å²) in [6.07, 6.45) is 3.26. The Kier molecular flexibility index (Phi) is 6.10. The van der Waals surface area contributed by atoms with Gasteiger partial charge in [0.15, 0.2) is 0 Å². The fraction of sp³-hybridized carbons (Fsp3) is 0.0714. The summed E-state index contributed by atoms with van der Waals surface area (Å²) in [6.45, 7) is 1.96. The largest absolute Gasteiger partial charge is 0.338 e. The molecular weight excluding hydrogens is 524 g/mol. The van der Waals surface area contributed by atoms with E-state index in [-0.39, 0.29) is 28.3 Å². The Morgan fingerprint density at radius 2 is 1.21 bits per heavy atom. The average Bonchev–Trinajstić information content (AvgIpc) is 3.63. The zero-order valence-electron chi connectivity index (χ0n) is 20.0. The third-order valence-electron chi connectivity index (χ3n) is 6.71. The topological polar surface area (TPSA) is 91.5 Å². The van der Waals surface area contributed by atoms with Crippen LogP contribution in [0.5, 0.6) is 0 Å². The highest BCUT2D eigenvalue weighted by Gasteiger charge is 2.44. The summed E-state index contributed by atoms with van der Waals surface area (Å²) < 4.78 is 31.5. The van der Waals surface area contributed by atoms with Crippen LogP contribution >= 0.6 is 17.2 Å². The number of carbonyl (C=O) groups excluding carboxylic acids is 2. The van der Waals surface area contributed by atoms with Gasteiger partial charge in [-0.1, -0.05) is 42.5 Å². The van der Waals surface area contributed by atoms with E-state index < -0.39 is 5.92 Å². The van der Waals surface area contributed by atoms with Crippen LogP contribution in [0.3, 0.4) is 0 Å². The number of hydrogen-bond acceptors (Lipinski definition) is 4. The predicted octanol–water partition coefficient (Wildman–Crippen LogP) is 5.55. The number of nitrogens with zero attached hydrogens (tertiary/aromatic N) is 2. The molecule has 1 aliphatic rings. The smallest absolute Gasteiger partial charge is 0.299 e. The molecule has 5 aromatic rings. The summed E-state index contributed by atoms with van der Waals surface area (Å²) >= 11 is 0. The highest BCUT2D eigenvalue weighted by molar-refractivity contribution is 7.62. The third-order valence-corrected chi connectivity index (χ3v) is 8.00. The summed E-state index contributed by atoms with van der Waals surface area (Å²) in [5.74, 6) is -3.16. The van der Waals surface area contributed by atoms with Crippen molar-refractivity contribution in [3.8, 4) is 44.8 Å². The van der Waals surface area contributed by atoms with Gasteiger partial charge in [-0.2, -0.15) is 8.78 Å². The van der Waals surface area contributed by atoms with Crippen LogP contribution in [0.4, 0.5) is 8.78 Å². The minimum Gasteiger partial charge on any atom is -0.338 e. The number of nitrogens with one attached hydrogen (secondary N) is 2. The first-order chi connectivity index (χ1) is 18.4. The van der Waals surface area contributed by atoms with Crippen molar-refractivity contribution < 1.29 is 18.4 Å². The number of hydrogen-bond donors (Lipinski definition) is 2. The maximum atomic E-state index is 15.8. The molecule has 2 aromatic heterocycles. The van der Waals surface area contributed by atoms with Gasteiger partial charge in [0, 0.05) is 39.4 Å². The molecule has 0 saturated carbocycles.